The molecule has 0 heterocycles. The second-order valence-corrected chi connectivity index (χ2v) is 5.35. The van der Waals surface area contributed by atoms with Crippen molar-refractivity contribution in [3.63, 3.8) is 0 Å². The second-order valence-electron chi connectivity index (χ2n) is 4.94. The second kappa shape index (κ2) is 7.10. The number of carbonyl (C=O) groups is 2. The van der Waals surface area contributed by atoms with Crippen LogP contribution in [0.4, 0.5) is 0 Å². The molecule has 1 rings (SSSR count). The van der Waals surface area contributed by atoms with E-state index in [1.54, 1.807) is 43.3 Å². The van der Waals surface area contributed by atoms with Crippen LogP contribution in [0.2, 0.25) is 5.02 Å². The summed E-state index contributed by atoms with van der Waals surface area (Å²) in [6.45, 7) is 3.68. The number of hydrogen-bond donors (Lipinski definition) is 1. The molecule has 0 radical (unpaired) electrons. The fourth-order valence-electron chi connectivity index (χ4n) is 1.61. The Morgan fingerprint density at radius 2 is 1.85 bits per heavy atom. The molecule has 0 aliphatic carbocycles. The molecule has 0 saturated heterocycles. The molecule has 0 aromatic heterocycles. The van der Waals surface area contributed by atoms with Crippen molar-refractivity contribution < 1.29 is 9.59 Å². The maximum absolute atomic E-state index is 12.5. The highest BCUT2D eigenvalue weighted by atomic mass is 35.5. The van der Waals surface area contributed by atoms with E-state index in [9.17, 15) is 9.59 Å². The van der Waals surface area contributed by atoms with E-state index in [0.717, 1.165) is 0 Å². The van der Waals surface area contributed by atoms with Gasteiger partial charge in [-0.3, -0.25) is 9.59 Å². The standard InChI is InChI=1S/C15H19ClN2O2/c1-10(2)17-15(20)12(9-18(3)4)14(19)11-7-5-6-8-13(11)16/h5-10H,1-4H3,(H,17,20)/b12-9-. The van der Waals surface area contributed by atoms with Crippen LogP contribution in [0.1, 0.15) is 24.2 Å². The molecule has 0 spiro atoms. The lowest BCUT2D eigenvalue weighted by atomic mass is 10.0. The molecule has 0 unspecified atom stereocenters. The van der Waals surface area contributed by atoms with Crippen molar-refractivity contribution in [2.45, 2.75) is 19.9 Å². The molecule has 0 bridgehead atoms. The highest BCUT2D eigenvalue weighted by Crippen LogP contribution is 2.19. The van der Waals surface area contributed by atoms with E-state index < -0.39 is 5.91 Å². The lowest BCUT2D eigenvalue weighted by molar-refractivity contribution is -0.117. The minimum Gasteiger partial charge on any atom is -0.383 e. The van der Waals surface area contributed by atoms with Crippen molar-refractivity contribution in [3.05, 3.63) is 46.6 Å². The van der Waals surface area contributed by atoms with Gasteiger partial charge in [0.1, 0.15) is 5.57 Å². The molecule has 20 heavy (non-hydrogen) atoms. The van der Waals surface area contributed by atoms with Crippen molar-refractivity contribution in [2.75, 3.05) is 14.1 Å². The highest BCUT2D eigenvalue weighted by molar-refractivity contribution is 6.37. The molecule has 1 aromatic carbocycles. The van der Waals surface area contributed by atoms with Crippen LogP contribution < -0.4 is 5.32 Å². The zero-order valence-electron chi connectivity index (χ0n) is 12.1. The number of amides is 1. The number of rotatable bonds is 5. The molecular formula is C15H19ClN2O2. The third-order valence-electron chi connectivity index (χ3n) is 2.41. The van der Waals surface area contributed by atoms with Crippen LogP contribution in [-0.2, 0) is 4.79 Å². The summed E-state index contributed by atoms with van der Waals surface area (Å²) in [5.74, 6) is -0.791. The van der Waals surface area contributed by atoms with Crippen LogP contribution in [0.5, 0.6) is 0 Å². The normalized spacial score (nSPS) is 11.4. The van der Waals surface area contributed by atoms with Crippen LogP contribution in [0.25, 0.3) is 0 Å². The van der Waals surface area contributed by atoms with E-state index in [1.165, 1.54) is 6.20 Å². The monoisotopic (exact) mass is 294 g/mol. The van der Waals surface area contributed by atoms with Gasteiger partial charge in [-0.2, -0.15) is 0 Å². The molecule has 0 saturated carbocycles. The maximum Gasteiger partial charge on any atom is 0.256 e. The third kappa shape index (κ3) is 4.38. The van der Waals surface area contributed by atoms with Crippen LogP contribution in [0.15, 0.2) is 36.0 Å². The average molecular weight is 295 g/mol. The van der Waals surface area contributed by atoms with Gasteiger partial charge in [0.15, 0.2) is 0 Å². The average Bonchev–Trinajstić information content (AvgIpc) is 2.34. The number of nitrogens with one attached hydrogen (secondary N) is 1. The van der Waals surface area contributed by atoms with Gasteiger partial charge in [0.05, 0.1) is 5.02 Å². The third-order valence-corrected chi connectivity index (χ3v) is 2.74. The Hall–Kier alpha value is -1.81. The van der Waals surface area contributed by atoms with E-state index in [0.29, 0.717) is 10.6 Å². The Bertz CT molecular complexity index is 536. The smallest absolute Gasteiger partial charge is 0.256 e. The SMILES string of the molecule is CC(C)NC(=O)/C(=C\N(C)C)C(=O)c1ccccc1Cl. The first-order valence-corrected chi connectivity index (χ1v) is 6.69. The Labute approximate surface area is 124 Å². The van der Waals surface area contributed by atoms with Crippen LogP contribution in [0.3, 0.4) is 0 Å². The first-order chi connectivity index (χ1) is 9.32. The highest BCUT2D eigenvalue weighted by Gasteiger charge is 2.22. The Kier molecular flexibility index (Phi) is 5.77. The minimum absolute atomic E-state index is 0.0490. The van der Waals surface area contributed by atoms with Gasteiger partial charge in [-0.05, 0) is 26.0 Å². The van der Waals surface area contributed by atoms with Gasteiger partial charge in [0, 0.05) is 31.9 Å². The van der Waals surface area contributed by atoms with Gasteiger partial charge in [0.25, 0.3) is 5.91 Å². The van der Waals surface area contributed by atoms with Gasteiger partial charge < -0.3 is 10.2 Å². The topological polar surface area (TPSA) is 49.4 Å². The Balaban J connectivity index is 3.16. The molecule has 0 atom stereocenters. The molecule has 0 aliphatic heterocycles. The minimum atomic E-state index is -0.404. The number of hydrogen-bond acceptors (Lipinski definition) is 3. The molecule has 5 heteroatoms. The van der Waals surface area contributed by atoms with E-state index in [1.807, 2.05) is 13.8 Å². The van der Waals surface area contributed by atoms with Crippen molar-refractivity contribution in [3.8, 4) is 0 Å². The molecule has 1 aromatic rings. The largest absolute Gasteiger partial charge is 0.383 e. The lowest BCUT2D eigenvalue weighted by Crippen LogP contribution is -2.34. The van der Waals surface area contributed by atoms with Crippen molar-refractivity contribution in [2.24, 2.45) is 0 Å². The number of Topliss-reactive ketones (excluding diaryl/α,β-unsaturated/α-hetero) is 1. The number of benzene rings is 1. The first-order valence-electron chi connectivity index (χ1n) is 6.31. The van der Waals surface area contributed by atoms with Gasteiger partial charge in [-0.15, -0.1) is 0 Å². The predicted molar refractivity (Wildman–Crippen MR) is 80.8 cm³/mol. The Morgan fingerprint density at radius 3 is 2.35 bits per heavy atom. The molecular weight excluding hydrogens is 276 g/mol. The summed E-state index contributed by atoms with van der Waals surface area (Å²) in [6, 6.07) is 6.64. The van der Waals surface area contributed by atoms with Crippen molar-refractivity contribution in [1.29, 1.82) is 0 Å². The summed E-state index contributed by atoms with van der Waals surface area (Å²) in [5, 5.41) is 3.05. The molecule has 1 N–H and O–H groups in total. The van der Waals surface area contributed by atoms with E-state index in [4.69, 9.17) is 11.6 Å². The van der Waals surface area contributed by atoms with Crippen LogP contribution in [-0.4, -0.2) is 36.7 Å². The summed E-state index contributed by atoms with van der Waals surface area (Å²) in [6.07, 6.45) is 1.50. The van der Waals surface area contributed by atoms with E-state index in [2.05, 4.69) is 5.32 Å². The fraction of sp³-hybridized carbons (Fsp3) is 0.333. The molecule has 0 fully saturated rings. The lowest BCUT2D eigenvalue weighted by Gasteiger charge is -2.14. The zero-order chi connectivity index (χ0) is 15.3. The molecule has 108 valence electrons. The zero-order valence-corrected chi connectivity index (χ0v) is 12.9. The van der Waals surface area contributed by atoms with Gasteiger partial charge in [0.2, 0.25) is 5.78 Å². The molecule has 4 nitrogen and oxygen atoms in total. The van der Waals surface area contributed by atoms with Crippen molar-refractivity contribution >= 4 is 23.3 Å². The summed E-state index contributed by atoms with van der Waals surface area (Å²) >= 11 is 6.02. The van der Waals surface area contributed by atoms with Gasteiger partial charge in [-0.25, -0.2) is 0 Å². The number of ketones is 1. The van der Waals surface area contributed by atoms with Crippen molar-refractivity contribution in [1.82, 2.24) is 10.2 Å². The quantitative estimate of drug-likeness (QED) is 0.393. The van der Waals surface area contributed by atoms with Crippen LogP contribution in [0, 0.1) is 0 Å². The summed E-state index contributed by atoms with van der Waals surface area (Å²) in [5.41, 5.74) is 0.387. The maximum atomic E-state index is 12.5. The summed E-state index contributed by atoms with van der Waals surface area (Å²) in [7, 11) is 3.51. The van der Waals surface area contributed by atoms with E-state index in [-0.39, 0.29) is 17.4 Å². The first kappa shape index (κ1) is 16.2. The fourth-order valence-corrected chi connectivity index (χ4v) is 1.83. The van der Waals surface area contributed by atoms with Crippen LogP contribution >= 0.6 is 11.6 Å². The number of carbonyl (C=O) groups excluding carboxylic acids is 2. The van der Waals surface area contributed by atoms with Gasteiger partial charge >= 0.3 is 0 Å². The summed E-state index contributed by atoms with van der Waals surface area (Å²) in [4.78, 5) is 26.3. The number of nitrogens with zero attached hydrogens (tertiary/aromatic N) is 1. The molecule has 0 aliphatic rings. The predicted octanol–water partition coefficient (Wildman–Crippen LogP) is 2.49. The van der Waals surface area contributed by atoms with Gasteiger partial charge in [-0.1, -0.05) is 23.7 Å². The number of halogens is 1. The molecule has 1 amide bonds. The van der Waals surface area contributed by atoms with E-state index >= 15 is 0 Å². The summed E-state index contributed by atoms with van der Waals surface area (Å²) < 4.78 is 0. The Morgan fingerprint density at radius 1 is 1.25 bits per heavy atom.